The minimum Gasteiger partial charge on any atom is -0.493 e. The zero-order chi connectivity index (χ0) is 22.3. The molecule has 164 valence electrons. The van der Waals surface area contributed by atoms with E-state index in [1.165, 1.54) is 42.7 Å². The molecule has 0 saturated carbocycles. The zero-order valence-corrected chi connectivity index (χ0v) is 18.4. The predicted octanol–water partition coefficient (Wildman–Crippen LogP) is 3.43. The van der Waals surface area contributed by atoms with Crippen molar-refractivity contribution in [1.29, 1.82) is 0 Å². The Morgan fingerprint density at radius 1 is 0.667 bits per heavy atom. The van der Waals surface area contributed by atoms with E-state index in [2.05, 4.69) is 0 Å². The molecule has 2 aromatic carbocycles. The molecule has 0 bridgehead atoms. The highest BCUT2D eigenvalue weighted by Gasteiger charge is 2.34. The lowest BCUT2D eigenvalue weighted by molar-refractivity contribution is -0.143. The zero-order valence-electron chi connectivity index (χ0n) is 18.4. The number of benzene rings is 2. The molecule has 2 rings (SSSR count). The van der Waals surface area contributed by atoms with Crippen molar-refractivity contribution in [3.63, 3.8) is 0 Å². The first-order valence-corrected chi connectivity index (χ1v) is 9.27. The van der Waals surface area contributed by atoms with Crippen LogP contribution >= 0.6 is 0 Å². The first-order chi connectivity index (χ1) is 14.5. The van der Waals surface area contributed by atoms with E-state index in [0.717, 1.165) is 0 Å². The summed E-state index contributed by atoms with van der Waals surface area (Å²) in [5, 5.41) is 0. The molecule has 0 aliphatic heterocycles. The second kappa shape index (κ2) is 10.5. The second-order valence-electron chi connectivity index (χ2n) is 6.03. The number of ether oxygens (including phenoxy) is 7. The van der Waals surface area contributed by atoms with E-state index in [-0.39, 0.29) is 6.61 Å². The van der Waals surface area contributed by atoms with Crippen LogP contribution in [0.3, 0.4) is 0 Å². The van der Waals surface area contributed by atoms with Crippen LogP contribution in [-0.4, -0.2) is 55.2 Å². The third-order valence-electron chi connectivity index (χ3n) is 4.61. The maximum absolute atomic E-state index is 13.1. The summed E-state index contributed by atoms with van der Waals surface area (Å²) in [6.07, 6.45) is 0. The molecule has 0 aromatic heterocycles. The van der Waals surface area contributed by atoms with E-state index in [9.17, 15) is 4.79 Å². The monoisotopic (exact) mass is 420 g/mol. The van der Waals surface area contributed by atoms with Gasteiger partial charge in [-0.1, -0.05) is 12.1 Å². The van der Waals surface area contributed by atoms with Gasteiger partial charge < -0.3 is 33.2 Å². The fourth-order valence-corrected chi connectivity index (χ4v) is 3.35. The topological polar surface area (TPSA) is 81.7 Å². The molecular weight excluding hydrogens is 392 g/mol. The molecule has 0 aliphatic carbocycles. The summed E-state index contributed by atoms with van der Waals surface area (Å²) in [7, 11) is 9.04. The molecule has 30 heavy (non-hydrogen) atoms. The van der Waals surface area contributed by atoms with Gasteiger partial charge in [0.1, 0.15) is 5.92 Å². The third-order valence-corrected chi connectivity index (χ3v) is 4.61. The normalized spacial score (nSPS) is 10.4. The molecule has 8 heteroatoms. The Kier molecular flexibility index (Phi) is 8.03. The highest BCUT2D eigenvalue weighted by Crippen LogP contribution is 2.49. The van der Waals surface area contributed by atoms with Crippen molar-refractivity contribution in [2.45, 2.75) is 12.8 Å². The van der Waals surface area contributed by atoms with Gasteiger partial charge >= 0.3 is 5.97 Å². The smallest absolute Gasteiger partial charge is 0.318 e. The third kappa shape index (κ3) is 4.17. The van der Waals surface area contributed by atoms with Gasteiger partial charge in [0.05, 0.1) is 49.3 Å². The van der Waals surface area contributed by atoms with Crippen molar-refractivity contribution in [3.8, 4) is 34.5 Å². The van der Waals surface area contributed by atoms with Gasteiger partial charge in [-0.05, 0) is 19.1 Å². The Labute approximate surface area is 176 Å². The van der Waals surface area contributed by atoms with Crippen LogP contribution in [0.25, 0.3) is 0 Å². The number of methoxy groups -OCH3 is 6. The summed E-state index contributed by atoms with van der Waals surface area (Å²) in [6.45, 7) is 1.95. The molecule has 0 N–H and O–H groups in total. The second-order valence-corrected chi connectivity index (χ2v) is 6.03. The van der Waals surface area contributed by atoms with Gasteiger partial charge in [0.15, 0.2) is 23.0 Å². The SMILES string of the molecule is CCOC(=O)C(c1ccc(OC)c(OC)c1OC)c1ccc(OC)c(OC)c1OC. The van der Waals surface area contributed by atoms with Crippen molar-refractivity contribution < 1.29 is 38.0 Å². The summed E-state index contributed by atoms with van der Waals surface area (Å²) in [4.78, 5) is 13.1. The van der Waals surface area contributed by atoms with Crippen LogP contribution < -0.4 is 28.4 Å². The highest BCUT2D eigenvalue weighted by atomic mass is 16.5. The van der Waals surface area contributed by atoms with Gasteiger partial charge in [0.25, 0.3) is 0 Å². The fourth-order valence-electron chi connectivity index (χ4n) is 3.35. The van der Waals surface area contributed by atoms with Crippen LogP contribution in [0.1, 0.15) is 24.0 Å². The highest BCUT2D eigenvalue weighted by molar-refractivity contribution is 5.86. The first kappa shape index (κ1) is 23.0. The lowest BCUT2D eigenvalue weighted by atomic mass is 9.89. The van der Waals surface area contributed by atoms with Crippen molar-refractivity contribution in [1.82, 2.24) is 0 Å². The molecule has 0 fully saturated rings. The predicted molar refractivity (Wildman–Crippen MR) is 111 cm³/mol. The van der Waals surface area contributed by atoms with E-state index >= 15 is 0 Å². The van der Waals surface area contributed by atoms with Gasteiger partial charge in [-0.2, -0.15) is 0 Å². The van der Waals surface area contributed by atoms with Crippen LogP contribution in [0.2, 0.25) is 0 Å². The number of carbonyl (C=O) groups is 1. The van der Waals surface area contributed by atoms with Crippen LogP contribution in [0.5, 0.6) is 34.5 Å². The lowest BCUT2D eigenvalue weighted by Crippen LogP contribution is -2.19. The minimum absolute atomic E-state index is 0.209. The summed E-state index contributed by atoms with van der Waals surface area (Å²) >= 11 is 0. The fraction of sp³-hybridized carbons (Fsp3) is 0.409. The van der Waals surface area contributed by atoms with E-state index in [4.69, 9.17) is 33.2 Å². The maximum Gasteiger partial charge on any atom is 0.318 e. The van der Waals surface area contributed by atoms with Crippen LogP contribution in [0.4, 0.5) is 0 Å². The number of hydrogen-bond donors (Lipinski definition) is 0. The summed E-state index contributed by atoms with van der Waals surface area (Å²) in [5.74, 6) is 1.03. The minimum atomic E-state index is -0.880. The average Bonchev–Trinajstić information content (AvgIpc) is 2.78. The Morgan fingerprint density at radius 3 is 1.37 bits per heavy atom. The maximum atomic E-state index is 13.1. The van der Waals surface area contributed by atoms with Gasteiger partial charge in [-0.15, -0.1) is 0 Å². The molecule has 0 unspecified atom stereocenters. The molecule has 0 spiro atoms. The van der Waals surface area contributed by atoms with Crippen molar-refractivity contribution in [3.05, 3.63) is 35.4 Å². The molecular formula is C22H28O8. The Morgan fingerprint density at radius 2 is 1.07 bits per heavy atom. The van der Waals surface area contributed by atoms with Crippen molar-refractivity contribution in [2.75, 3.05) is 49.3 Å². The van der Waals surface area contributed by atoms with Gasteiger partial charge in [-0.25, -0.2) is 0 Å². The number of esters is 1. The van der Waals surface area contributed by atoms with Crippen LogP contribution in [0.15, 0.2) is 24.3 Å². The Balaban J connectivity index is 2.84. The molecule has 0 heterocycles. The molecule has 2 aromatic rings. The van der Waals surface area contributed by atoms with Crippen LogP contribution in [-0.2, 0) is 9.53 Å². The average molecular weight is 420 g/mol. The van der Waals surface area contributed by atoms with E-state index in [0.29, 0.717) is 45.6 Å². The lowest BCUT2D eigenvalue weighted by Gasteiger charge is -2.24. The number of rotatable bonds is 10. The Hall–Kier alpha value is -3.29. The molecule has 0 amide bonds. The summed E-state index contributed by atoms with van der Waals surface area (Å²) in [5.41, 5.74) is 1.05. The Bertz CT molecular complexity index is 814. The molecule has 0 atom stereocenters. The van der Waals surface area contributed by atoms with Crippen molar-refractivity contribution in [2.24, 2.45) is 0 Å². The van der Waals surface area contributed by atoms with Gasteiger partial charge in [0.2, 0.25) is 11.5 Å². The largest absolute Gasteiger partial charge is 0.493 e. The first-order valence-electron chi connectivity index (χ1n) is 9.27. The molecule has 0 saturated heterocycles. The van der Waals surface area contributed by atoms with E-state index < -0.39 is 11.9 Å². The molecule has 0 aliphatic rings. The van der Waals surface area contributed by atoms with Crippen LogP contribution in [0, 0.1) is 0 Å². The van der Waals surface area contributed by atoms with Gasteiger partial charge in [0, 0.05) is 11.1 Å². The van der Waals surface area contributed by atoms with E-state index in [1.807, 2.05) is 0 Å². The quantitative estimate of drug-likeness (QED) is 0.541. The molecule has 8 nitrogen and oxygen atoms in total. The number of hydrogen-bond acceptors (Lipinski definition) is 8. The molecule has 0 radical (unpaired) electrons. The standard InChI is InChI=1S/C22H28O8/c1-8-30-22(23)17(13-9-11-15(24-2)20(28-6)18(13)26-4)14-10-12-16(25-3)21(29-7)19(14)27-5/h9-12,17H,8H2,1-7H3. The van der Waals surface area contributed by atoms with Gasteiger partial charge in [-0.3, -0.25) is 4.79 Å². The summed E-state index contributed by atoms with van der Waals surface area (Å²) in [6, 6.07) is 6.88. The number of carbonyl (C=O) groups excluding carboxylic acids is 1. The summed E-state index contributed by atoms with van der Waals surface area (Å²) < 4.78 is 38.3. The van der Waals surface area contributed by atoms with Crippen molar-refractivity contribution >= 4 is 5.97 Å². The van der Waals surface area contributed by atoms with E-state index in [1.54, 1.807) is 31.2 Å².